The first-order valence-corrected chi connectivity index (χ1v) is 16.2. The molecule has 1 aliphatic heterocycles. The molecule has 7 rings (SSSR count). The smallest absolute Gasteiger partial charge is 0.335 e. The van der Waals surface area contributed by atoms with Crippen molar-refractivity contribution in [3.8, 4) is 21.8 Å². The van der Waals surface area contributed by atoms with Crippen LogP contribution in [0.25, 0.3) is 43.6 Å². The molecule has 1 N–H and O–H groups in total. The van der Waals surface area contributed by atoms with Gasteiger partial charge in [-0.2, -0.15) is 0 Å². The second-order valence-electron chi connectivity index (χ2n) is 12.6. The predicted octanol–water partition coefficient (Wildman–Crippen LogP) is 7.20. The average molecular weight is 608 g/mol. The van der Waals surface area contributed by atoms with Crippen molar-refractivity contribution in [2.75, 3.05) is 20.8 Å². The highest BCUT2D eigenvalue weighted by Gasteiger charge is 2.32. The first-order valence-electron chi connectivity index (χ1n) is 15.4. The molecule has 44 heavy (non-hydrogen) atoms. The standard InChI is InChI=1S/C35H37N5O3S/c1-20-34(44-21(2)36-20)28-13-11-23-14-27-25(15-29(23)37-28)17-39(19-38(3)4)31(41)18-40-30-16-24(35(42)43)10-12-26(30)32(33(27)40)22-8-6-5-7-9-22/h10-16,22H,5-9,17-19H2,1-4H3,(H,42,43). The summed E-state index contributed by atoms with van der Waals surface area (Å²) in [5.74, 6) is -0.601. The third kappa shape index (κ3) is 4.98. The molecule has 1 fully saturated rings. The van der Waals surface area contributed by atoms with Crippen molar-refractivity contribution in [3.63, 3.8) is 0 Å². The van der Waals surface area contributed by atoms with Gasteiger partial charge in [-0.1, -0.05) is 31.4 Å². The Morgan fingerprint density at radius 3 is 2.52 bits per heavy atom. The topological polar surface area (TPSA) is 91.6 Å². The summed E-state index contributed by atoms with van der Waals surface area (Å²) >= 11 is 1.66. The summed E-state index contributed by atoms with van der Waals surface area (Å²) in [5.41, 5.74) is 8.29. The lowest BCUT2D eigenvalue weighted by Crippen LogP contribution is -2.40. The number of hydrogen-bond donors (Lipinski definition) is 1. The van der Waals surface area contributed by atoms with Crippen LogP contribution in [-0.2, 0) is 17.9 Å². The number of carbonyl (C=O) groups excluding carboxylic acids is 1. The highest BCUT2D eigenvalue weighted by molar-refractivity contribution is 7.15. The molecule has 3 aromatic heterocycles. The molecule has 9 heteroatoms. The van der Waals surface area contributed by atoms with Crippen molar-refractivity contribution >= 4 is 45.0 Å². The number of thiazole rings is 1. The minimum atomic E-state index is -0.965. The van der Waals surface area contributed by atoms with Crippen LogP contribution in [0.2, 0.25) is 0 Å². The minimum absolute atomic E-state index is 0.0102. The van der Waals surface area contributed by atoms with Gasteiger partial charge in [0, 0.05) is 22.9 Å². The maximum Gasteiger partial charge on any atom is 0.335 e. The molecule has 0 spiro atoms. The van der Waals surface area contributed by atoms with Crippen molar-refractivity contribution < 1.29 is 14.7 Å². The molecule has 0 unspecified atom stereocenters. The van der Waals surface area contributed by atoms with E-state index in [2.05, 4.69) is 33.8 Å². The number of rotatable bonds is 5. The summed E-state index contributed by atoms with van der Waals surface area (Å²) in [4.78, 5) is 40.8. The predicted molar refractivity (Wildman–Crippen MR) is 175 cm³/mol. The molecule has 226 valence electrons. The van der Waals surface area contributed by atoms with Crippen molar-refractivity contribution in [2.24, 2.45) is 0 Å². The molecule has 1 saturated carbocycles. The van der Waals surface area contributed by atoms with E-state index in [1.54, 1.807) is 23.5 Å². The Bertz CT molecular complexity index is 1950. The zero-order valence-corrected chi connectivity index (χ0v) is 26.5. The maximum absolute atomic E-state index is 14.0. The van der Waals surface area contributed by atoms with Gasteiger partial charge in [0.25, 0.3) is 0 Å². The van der Waals surface area contributed by atoms with E-state index in [9.17, 15) is 14.7 Å². The summed E-state index contributed by atoms with van der Waals surface area (Å²) in [6, 6.07) is 14.1. The van der Waals surface area contributed by atoms with Crippen molar-refractivity contribution in [1.29, 1.82) is 0 Å². The highest BCUT2D eigenvalue weighted by atomic mass is 32.1. The molecular weight excluding hydrogens is 570 g/mol. The Kier molecular flexibility index (Phi) is 7.25. The fourth-order valence-corrected chi connectivity index (χ4v) is 8.12. The number of aryl methyl sites for hydroxylation is 2. The molecule has 0 atom stereocenters. The number of aromatic carboxylic acids is 1. The quantitative estimate of drug-likeness (QED) is 0.227. The van der Waals surface area contributed by atoms with Gasteiger partial charge < -0.3 is 14.6 Å². The van der Waals surface area contributed by atoms with Crippen LogP contribution in [0.4, 0.5) is 0 Å². The molecule has 2 aliphatic rings. The van der Waals surface area contributed by atoms with Crippen LogP contribution in [-0.4, -0.2) is 62.1 Å². The fourth-order valence-electron chi connectivity index (χ4n) is 7.23. The van der Waals surface area contributed by atoms with Crippen LogP contribution >= 0.6 is 11.3 Å². The second kappa shape index (κ2) is 11.1. The fraction of sp³-hybridized carbons (Fsp3) is 0.371. The van der Waals surface area contributed by atoms with E-state index in [0.717, 1.165) is 72.7 Å². The van der Waals surface area contributed by atoms with Gasteiger partial charge in [0.2, 0.25) is 5.91 Å². The minimum Gasteiger partial charge on any atom is -0.478 e. The second-order valence-corrected chi connectivity index (χ2v) is 13.8. The first kappa shape index (κ1) is 28.7. The molecule has 8 nitrogen and oxygen atoms in total. The van der Waals surface area contributed by atoms with E-state index in [1.165, 1.54) is 24.8 Å². The van der Waals surface area contributed by atoms with Gasteiger partial charge >= 0.3 is 5.97 Å². The molecule has 0 bridgehead atoms. The molecule has 4 heterocycles. The molecule has 0 saturated heterocycles. The summed E-state index contributed by atoms with van der Waals surface area (Å²) in [7, 11) is 3.94. The zero-order valence-electron chi connectivity index (χ0n) is 25.7. The maximum atomic E-state index is 14.0. The van der Waals surface area contributed by atoms with Crippen LogP contribution in [0.5, 0.6) is 0 Å². The number of amides is 1. The lowest BCUT2D eigenvalue weighted by Gasteiger charge is -2.31. The molecule has 5 aromatic rings. The lowest BCUT2D eigenvalue weighted by molar-refractivity contribution is -0.134. The Labute approximate surface area is 261 Å². The van der Waals surface area contributed by atoms with E-state index in [4.69, 9.17) is 4.98 Å². The Morgan fingerprint density at radius 1 is 1.02 bits per heavy atom. The first-order chi connectivity index (χ1) is 21.2. The van der Waals surface area contributed by atoms with E-state index in [0.29, 0.717) is 19.1 Å². The number of benzene rings is 2. The van der Waals surface area contributed by atoms with E-state index >= 15 is 0 Å². The van der Waals surface area contributed by atoms with Gasteiger partial charge in [-0.25, -0.2) is 14.8 Å². The number of carbonyl (C=O) groups is 2. The summed E-state index contributed by atoms with van der Waals surface area (Å²) in [6.45, 7) is 5.15. The number of fused-ring (bicyclic) bond motifs is 6. The Balaban J connectivity index is 1.51. The lowest BCUT2D eigenvalue weighted by atomic mass is 9.81. The van der Waals surface area contributed by atoms with Crippen molar-refractivity contribution in [2.45, 2.75) is 65.0 Å². The third-order valence-corrected chi connectivity index (χ3v) is 10.2. The SMILES string of the molecule is Cc1nc(C)c(-c2ccc3cc4c(cc3n2)CN(CN(C)C)C(=O)Cn2c-4c(C3CCCCC3)c3ccc(C(=O)O)cc32)s1. The van der Waals surface area contributed by atoms with Crippen LogP contribution in [0.3, 0.4) is 0 Å². The molecule has 0 radical (unpaired) electrons. The van der Waals surface area contributed by atoms with Crippen LogP contribution in [0, 0.1) is 13.8 Å². The highest BCUT2D eigenvalue weighted by Crippen LogP contribution is 2.46. The van der Waals surface area contributed by atoms with E-state index < -0.39 is 5.97 Å². The summed E-state index contributed by atoms with van der Waals surface area (Å²) < 4.78 is 2.10. The molecule has 1 amide bonds. The summed E-state index contributed by atoms with van der Waals surface area (Å²) in [6.07, 6.45) is 5.77. The van der Waals surface area contributed by atoms with Gasteiger partial charge in [-0.15, -0.1) is 11.3 Å². The largest absolute Gasteiger partial charge is 0.478 e. The summed E-state index contributed by atoms with van der Waals surface area (Å²) in [5, 5.41) is 13.0. The molecule has 1 aliphatic carbocycles. The Hall–Kier alpha value is -4.08. The third-order valence-electron chi connectivity index (χ3n) is 9.13. The van der Waals surface area contributed by atoms with E-state index in [-0.39, 0.29) is 18.0 Å². The number of pyridine rings is 1. The van der Waals surface area contributed by atoms with Crippen LogP contribution < -0.4 is 0 Å². The Morgan fingerprint density at radius 2 is 1.82 bits per heavy atom. The van der Waals surface area contributed by atoms with Crippen LogP contribution in [0.15, 0.2) is 42.5 Å². The van der Waals surface area contributed by atoms with E-state index in [1.807, 2.05) is 43.8 Å². The van der Waals surface area contributed by atoms with Crippen LogP contribution in [0.1, 0.15) is 70.2 Å². The number of aromatic nitrogens is 3. The van der Waals surface area contributed by atoms with Gasteiger partial charge in [0.1, 0.15) is 6.54 Å². The van der Waals surface area contributed by atoms with Crippen molar-refractivity contribution in [1.82, 2.24) is 24.3 Å². The van der Waals surface area contributed by atoms with Gasteiger partial charge in [0.15, 0.2) is 0 Å². The number of nitrogens with zero attached hydrogens (tertiary/aromatic N) is 5. The molecule has 2 aromatic carbocycles. The van der Waals surface area contributed by atoms with Gasteiger partial charge in [-0.05, 0) is 88.2 Å². The monoisotopic (exact) mass is 607 g/mol. The van der Waals surface area contributed by atoms with Crippen molar-refractivity contribution in [3.05, 3.63) is 69.9 Å². The van der Waals surface area contributed by atoms with Gasteiger partial charge in [-0.3, -0.25) is 9.69 Å². The number of hydrogen-bond acceptors (Lipinski definition) is 6. The average Bonchev–Trinajstić information content (AvgIpc) is 3.50. The molecular formula is C35H37N5O3S. The number of carboxylic acid groups (broad SMARTS) is 1. The van der Waals surface area contributed by atoms with Gasteiger partial charge in [0.05, 0.1) is 50.2 Å². The normalized spacial score (nSPS) is 15.9. The zero-order chi connectivity index (χ0) is 30.7. The number of carboxylic acids is 1.